The Morgan fingerprint density at radius 2 is 0.556 bits per heavy atom. The molecule has 0 unspecified atom stereocenters. The second kappa shape index (κ2) is 14.1. The highest BCUT2D eigenvalue weighted by Gasteiger charge is 2.28. The molecule has 3 aliphatic rings. The quantitative estimate of drug-likeness (QED) is 0.430. The first-order valence-electron chi connectivity index (χ1n) is 11.8. The third kappa shape index (κ3) is 8.49. The molecule has 0 radical (unpaired) electrons. The van der Waals surface area contributed by atoms with Crippen molar-refractivity contribution in [3.63, 3.8) is 0 Å². The lowest BCUT2D eigenvalue weighted by molar-refractivity contribution is 0.163. The Labute approximate surface area is 174 Å². The van der Waals surface area contributed by atoms with Crippen LogP contribution in [0, 0.1) is 35.5 Å². The fraction of sp³-hybridized carbons (Fsp3) is 1.00. The predicted octanol–water partition coefficient (Wildman–Crippen LogP) is 9.91. The van der Waals surface area contributed by atoms with Gasteiger partial charge in [0.2, 0.25) is 0 Å². The zero-order chi connectivity index (χ0) is 16.8. The van der Waals surface area contributed by atoms with Gasteiger partial charge in [0.15, 0.2) is 0 Å². The molecular formula is C27H56. The summed E-state index contributed by atoms with van der Waals surface area (Å²) in [4.78, 5) is 0. The van der Waals surface area contributed by atoms with E-state index >= 15 is 0 Å². The zero-order valence-corrected chi connectivity index (χ0v) is 16.8. The van der Waals surface area contributed by atoms with Gasteiger partial charge in [0.1, 0.15) is 0 Å². The van der Waals surface area contributed by atoms with Crippen LogP contribution >= 0.6 is 0 Å². The van der Waals surface area contributed by atoms with Crippen LogP contribution in [0.5, 0.6) is 0 Å². The summed E-state index contributed by atoms with van der Waals surface area (Å²) in [7, 11) is 0. The molecule has 0 aromatic heterocycles. The van der Waals surface area contributed by atoms with Crippen molar-refractivity contribution in [3.8, 4) is 0 Å². The first-order valence-corrected chi connectivity index (χ1v) is 11.8. The van der Waals surface area contributed by atoms with Crippen LogP contribution in [0.25, 0.3) is 0 Å². The summed E-state index contributed by atoms with van der Waals surface area (Å²) in [5, 5.41) is 0. The molecule has 0 aliphatic heterocycles. The van der Waals surface area contributed by atoms with Gasteiger partial charge in [0.25, 0.3) is 0 Å². The highest BCUT2D eigenvalue weighted by atomic mass is 14.3. The van der Waals surface area contributed by atoms with Crippen LogP contribution in [0.3, 0.4) is 0 Å². The Morgan fingerprint density at radius 1 is 0.370 bits per heavy atom. The molecule has 0 aromatic rings. The van der Waals surface area contributed by atoms with E-state index in [-0.39, 0.29) is 22.3 Å². The Morgan fingerprint density at radius 3 is 0.741 bits per heavy atom. The monoisotopic (exact) mass is 380 g/mol. The van der Waals surface area contributed by atoms with Crippen LogP contribution in [-0.4, -0.2) is 0 Å². The van der Waals surface area contributed by atoms with E-state index in [0.29, 0.717) is 0 Å². The molecule has 3 saturated carbocycles. The second-order valence-electron chi connectivity index (χ2n) is 9.95. The van der Waals surface area contributed by atoms with Gasteiger partial charge in [0, 0.05) is 0 Å². The molecule has 0 saturated heterocycles. The summed E-state index contributed by atoms with van der Waals surface area (Å²) in [6.45, 7) is 4.78. The molecule has 3 aliphatic carbocycles. The fourth-order valence-corrected chi connectivity index (χ4v) is 6.40. The molecule has 0 bridgehead atoms. The van der Waals surface area contributed by atoms with Crippen molar-refractivity contribution in [2.75, 3.05) is 0 Å². The van der Waals surface area contributed by atoms with Crippen LogP contribution in [0.1, 0.15) is 139 Å². The Hall–Kier alpha value is 0. The van der Waals surface area contributed by atoms with Crippen molar-refractivity contribution in [2.45, 2.75) is 139 Å². The molecule has 0 N–H and O–H groups in total. The molecule has 164 valence electrons. The van der Waals surface area contributed by atoms with Crippen LogP contribution in [0.2, 0.25) is 0 Å². The lowest BCUT2D eigenvalue weighted by atomic mass is 9.70. The van der Waals surface area contributed by atoms with Crippen LogP contribution in [0.15, 0.2) is 0 Å². The summed E-state index contributed by atoms with van der Waals surface area (Å²) < 4.78 is 0. The van der Waals surface area contributed by atoms with Crippen molar-refractivity contribution in [1.29, 1.82) is 0 Å². The highest BCUT2D eigenvalue weighted by molar-refractivity contribution is 4.81. The van der Waals surface area contributed by atoms with Gasteiger partial charge in [-0.2, -0.15) is 0 Å². The minimum Gasteiger partial charge on any atom is -0.0776 e. The van der Waals surface area contributed by atoms with E-state index in [2.05, 4.69) is 13.8 Å². The van der Waals surface area contributed by atoms with Gasteiger partial charge in [0.05, 0.1) is 0 Å². The van der Waals surface area contributed by atoms with Crippen LogP contribution in [0.4, 0.5) is 0 Å². The highest BCUT2D eigenvalue weighted by Crippen LogP contribution is 2.42. The van der Waals surface area contributed by atoms with Crippen molar-refractivity contribution in [1.82, 2.24) is 0 Å². The summed E-state index contributed by atoms with van der Waals surface area (Å²) in [6, 6.07) is 0. The molecule has 0 heterocycles. The zero-order valence-electron chi connectivity index (χ0n) is 16.8. The maximum absolute atomic E-state index is 2.39. The minimum atomic E-state index is 0. The number of rotatable bonds is 6. The smallest absolute Gasteiger partial charge is 0.0411 e. The molecule has 0 spiro atoms. The first kappa shape index (κ1) is 27.0. The van der Waals surface area contributed by atoms with E-state index in [0.717, 1.165) is 35.5 Å². The third-order valence-corrected chi connectivity index (χ3v) is 8.39. The topological polar surface area (TPSA) is 0 Å². The molecule has 0 nitrogen and oxygen atoms in total. The lowest BCUT2D eigenvalue weighted by Gasteiger charge is -2.36. The maximum atomic E-state index is 2.39. The second-order valence-corrected chi connectivity index (χ2v) is 9.95. The first-order chi connectivity index (χ1) is 11.8. The summed E-state index contributed by atoms with van der Waals surface area (Å²) in [5.41, 5.74) is 0. The SMILES string of the molecule is C.C.C.CCC1CCC(CC2CCC(CC3CCC(CC)CC3)CC2)CC1. The number of hydrogen-bond donors (Lipinski definition) is 0. The van der Waals surface area contributed by atoms with Crippen molar-refractivity contribution in [2.24, 2.45) is 35.5 Å². The molecule has 3 rings (SSSR count). The maximum Gasteiger partial charge on any atom is -0.0411 e. The third-order valence-electron chi connectivity index (χ3n) is 8.39. The molecular weight excluding hydrogens is 324 g/mol. The Bertz CT molecular complexity index is 288. The largest absolute Gasteiger partial charge is 0.0776 e. The van der Waals surface area contributed by atoms with Crippen LogP contribution in [-0.2, 0) is 0 Å². The van der Waals surface area contributed by atoms with E-state index in [1.165, 1.54) is 38.5 Å². The van der Waals surface area contributed by atoms with Gasteiger partial charge in [-0.15, -0.1) is 0 Å². The van der Waals surface area contributed by atoms with E-state index in [4.69, 9.17) is 0 Å². The van der Waals surface area contributed by atoms with Crippen molar-refractivity contribution >= 4 is 0 Å². The Kier molecular flexibility index (Phi) is 14.1. The van der Waals surface area contributed by atoms with Crippen molar-refractivity contribution < 1.29 is 0 Å². The Balaban J connectivity index is 0.00000225. The summed E-state index contributed by atoms with van der Waals surface area (Å²) in [6.07, 6.45) is 24.7. The summed E-state index contributed by atoms with van der Waals surface area (Å²) in [5.74, 6) is 6.53. The molecule has 0 atom stereocenters. The van der Waals surface area contributed by atoms with Crippen LogP contribution < -0.4 is 0 Å². The predicted molar refractivity (Wildman–Crippen MR) is 126 cm³/mol. The van der Waals surface area contributed by atoms with Gasteiger partial charge in [-0.3, -0.25) is 0 Å². The summed E-state index contributed by atoms with van der Waals surface area (Å²) >= 11 is 0. The van der Waals surface area contributed by atoms with Gasteiger partial charge in [-0.25, -0.2) is 0 Å². The van der Waals surface area contributed by atoms with Gasteiger partial charge < -0.3 is 0 Å². The number of hydrogen-bond acceptors (Lipinski definition) is 0. The molecule has 0 aromatic carbocycles. The molecule has 0 heteroatoms. The average molecular weight is 381 g/mol. The molecule has 27 heavy (non-hydrogen) atoms. The van der Waals surface area contributed by atoms with Gasteiger partial charge in [-0.1, -0.05) is 126 Å². The minimum absolute atomic E-state index is 0. The van der Waals surface area contributed by atoms with Gasteiger partial charge >= 0.3 is 0 Å². The standard InChI is InChI=1S/C24H44.3CH4/c1-3-19-5-9-21(10-6-19)17-23-13-15-24(16-14-23)18-22-11-7-20(4-2)8-12-22;;;/h19-24H,3-18H2,1-2H3;3*1H4. The lowest BCUT2D eigenvalue weighted by Crippen LogP contribution is -2.23. The van der Waals surface area contributed by atoms with Crippen molar-refractivity contribution in [3.05, 3.63) is 0 Å². The molecule has 0 amide bonds. The van der Waals surface area contributed by atoms with Gasteiger partial charge in [-0.05, 0) is 48.3 Å². The van der Waals surface area contributed by atoms with E-state index in [1.807, 2.05) is 0 Å². The fourth-order valence-electron chi connectivity index (χ4n) is 6.40. The van der Waals surface area contributed by atoms with E-state index in [1.54, 1.807) is 64.2 Å². The molecule has 3 fully saturated rings. The normalized spacial score (nSPS) is 36.7. The average Bonchev–Trinajstić information content (AvgIpc) is 2.65. The van der Waals surface area contributed by atoms with E-state index < -0.39 is 0 Å². The van der Waals surface area contributed by atoms with E-state index in [9.17, 15) is 0 Å².